The Bertz CT molecular complexity index is 662. The lowest BCUT2D eigenvalue weighted by atomic mass is 10.1. The summed E-state index contributed by atoms with van der Waals surface area (Å²) in [5.74, 6) is -1.30. The monoisotopic (exact) mass is 253 g/mol. The summed E-state index contributed by atoms with van der Waals surface area (Å²) in [5, 5.41) is 10.6. The molecule has 0 fully saturated rings. The number of aromatic hydroxyl groups is 1. The van der Waals surface area contributed by atoms with Crippen LogP contribution < -0.4 is 5.56 Å². The minimum absolute atomic E-state index is 0.328. The number of aromatic amines is 1. The van der Waals surface area contributed by atoms with Gasteiger partial charge in [-0.15, -0.1) is 0 Å². The quantitative estimate of drug-likeness (QED) is 0.758. The largest absolute Gasteiger partial charge is 0.506 e. The Balaban J connectivity index is 2.85. The van der Waals surface area contributed by atoms with Crippen LogP contribution in [-0.2, 0) is 4.74 Å². The number of pyridine rings is 1. The molecule has 2 rings (SSSR count). The van der Waals surface area contributed by atoms with Crippen molar-refractivity contribution in [1.29, 1.82) is 0 Å². The number of carbonyl (C=O) groups excluding carboxylic acids is 1. The molecule has 6 heteroatoms. The first-order chi connectivity index (χ1) is 8.04. The smallest absolute Gasteiger partial charge is 0.347 e. The van der Waals surface area contributed by atoms with Crippen LogP contribution >= 0.6 is 11.6 Å². The van der Waals surface area contributed by atoms with Gasteiger partial charge in [0.25, 0.3) is 5.56 Å². The highest BCUT2D eigenvalue weighted by Gasteiger charge is 2.19. The van der Waals surface area contributed by atoms with Gasteiger partial charge in [-0.1, -0.05) is 11.6 Å². The van der Waals surface area contributed by atoms with Gasteiger partial charge in [-0.2, -0.15) is 0 Å². The highest BCUT2D eigenvalue weighted by Crippen LogP contribution is 2.27. The van der Waals surface area contributed by atoms with E-state index >= 15 is 0 Å². The van der Waals surface area contributed by atoms with Crippen molar-refractivity contribution in [2.75, 3.05) is 7.11 Å². The highest BCUT2D eigenvalue weighted by molar-refractivity contribution is 6.31. The summed E-state index contributed by atoms with van der Waals surface area (Å²) in [5.41, 5.74) is -0.779. The van der Waals surface area contributed by atoms with Crippen molar-refractivity contribution in [2.24, 2.45) is 0 Å². The van der Waals surface area contributed by atoms with E-state index in [4.69, 9.17) is 11.6 Å². The zero-order chi connectivity index (χ0) is 12.6. The van der Waals surface area contributed by atoms with E-state index in [1.807, 2.05) is 0 Å². The number of ether oxygens (including phenoxy) is 1. The molecule has 1 aromatic carbocycles. The minimum Gasteiger partial charge on any atom is -0.506 e. The van der Waals surface area contributed by atoms with E-state index in [9.17, 15) is 14.7 Å². The molecule has 0 bridgehead atoms. The Morgan fingerprint density at radius 3 is 2.82 bits per heavy atom. The second-order valence-corrected chi connectivity index (χ2v) is 3.80. The average Bonchev–Trinajstić information content (AvgIpc) is 2.28. The summed E-state index contributed by atoms with van der Waals surface area (Å²) in [6.45, 7) is 0. The number of hydrogen-bond acceptors (Lipinski definition) is 4. The van der Waals surface area contributed by atoms with Crippen LogP contribution in [0.1, 0.15) is 10.4 Å². The number of methoxy groups -OCH3 is 1. The summed E-state index contributed by atoms with van der Waals surface area (Å²) in [6.07, 6.45) is 0. The number of aromatic nitrogens is 1. The Kier molecular flexibility index (Phi) is 2.77. The second kappa shape index (κ2) is 4.10. The molecule has 2 N–H and O–H groups in total. The van der Waals surface area contributed by atoms with Crippen molar-refractivity contribution in [3.05, 3.63) is 39.1 Å². The Morgan fingerprint density at radius 2 is 2.18 bits per heavy atom. The molecule has 0 aliphatic heterocycles. The standard InChI is InChI=1S/C11H8ClNO4/c1-17-11(16)8-9(14)6-3-2-5(12)4-7(6)13-10(8)15/h2-4H,1H3,(H2,13,14,15). The van der Waals surface area contributed by atoms with Crippen molar-refractivity contribution >= 4 is 28.5 Å². The molecule has 2 aromatic rings. The van der Waals surface area contributed by atoms with Crippen LogP contribution in [0.2, 0.25) is 5.02 Å². The number of benzene rings is 1. The molecule has 1 aromatic heterocycles. The van der Waals surface area contributed by atoms with Crippen LogP contribution in [0.3, 0.4) is 0 Å². The third kappa shape index (κ3) is 1.85. The fourth-order valence-corrected chi connectivity index (χ4v) is 1.72. The van der Waals surface area contributed by atoms with E-state index < -0.39 is 22.8 Å². The van der Waals surface area contributed by atoms with Gasteiger partial charge in [-0.3, -0.25) is 4.79 Å². The van der Waals surface area contributed by atoms with Crippen molar-refractivity contribution in [1.82, 2.24) is 4.98 Å². The Labute approximate surface area is 101 Å². The fourth-order valence-electron chi connectivity index (χ4n) is 1.54. The van der Waals surface area contributed by atoms with E-state index in [0.717, 1.165) is 7.11 Å². The first-order valence-electron chi connectivity index (χ1n) is 4.67. The molecular formula is C11H8ClNO4. The molecule has 0 saturated carbocycles. The first-order valence-corrected chi connectivity index (χ1v) is 5.05. The van der Waals surface area contributed by atoms with E-state index in [2.05, 4.69) is 9.72 Å². The lowest BCUT2D eigenvalue weighted by molar-refractivity contribution is 0.0595. The van der Waals surface area contributed by atoms with Crippen molar-refractivity contribution < 1.29 is 14.6 Å². The second-order valence-electron chi connectivity index (χ2n) is 3.36. The molecule has 0 spiro atoms. The molecule has 0 saturated heterocycles. The van der Waals surface area contributed by atoms with E-state index in [1.54, 1.807) is 6.07 Å². The normalized spacial score (nSPS) is 10.5. The molecule has 0 atom stereocenters. The lowest BCUT2D eigenvalue weighted by Crippen LogP contribution is -2.19. The number of halogens is 1. The maximum atomic E-state index is 11.6. The molecular weight excluding hydrogens is 246 g/mol. The molecule has 0 aliphatic carbocycles. The van der Waals surface area contributed by atoms with Crippen LogP contribution in [0.4, 0.5) is 0 Å². The van der Waals surface area contributed by atoms with Gasteiger partial charge in [0.2, 0.25) is 0 Å². The Morgan fingerprint density at radius 1 is 1.47 bits per heavy atom. The van der Waals surface area contributed by atoms with E-state index in [0.29, 0.717) is 15.9 Å². The van der Waals surface area contributed by atoms with E-state index in [1.165, 1.54) is 12.1 Å². The SMILES string of the molecule is COC(=O)c1c(O)c2ccc(Cl)cc2[nH]c1=O. The first kappa shape index (κ1) is 11.5. The molecule has 17 heavy (non-hydrogen) atoms. The third-order valence-corrected chi connectivity index (χ3v) is 2.57. The van der Waals surface area contributed by atoms with Gasteiger partial charge in [0.15, 0.2) is 5.56 Å². The molecule has 5 nitrogen and oxygen atoms in total. The lowest BCUT2D eigenvalue weighted by Gasteiger charge is -2.05. The molecule has 0 amide bonds. The summed E-state index contributed by atoms with van der Waals surface area (Å²) in [4.78, 5) is 25.4. The summed E-state index contributed by atoms with van der Waals surface area (Å²) in [7, 11) is 1.13. The third-order valence-electron chi connectivity index (χ3n) is 2.34. The average molecular weight is 254 g/mol. The van der Waals surface area contributed by atoms with Crippen molar-refractivity contribution in [3.63, 3.8) is 0 Å². The number of rotatable bonds is 1. The number of hydrogen-bond donors (Lipinski definition) is 2. The minimum atomic E-state index is -0.888. The molecule has 88 valence electrons. The Hall–Kier alpha value is -2.01. The van der Waals surface area contributed by atoms with Crippen LogP contribution in [0, 0.1) is 0 Å². The number of esters is 1. The summed E-state index contributed by atoms with van der Waals surface area (Å²) in [6, 6.07) is 4.54. The zero-order valence-corrected chi connectivity index (χ0v) is 9.54. The van der Waals surface area contributed by atoms with Gasteiger partial charge in [0, 0.05) is 10.4 Å². The van der Waals surface area contributed by atoms with E-state index in [-0.39, 0.29) is 0 Å². The molecule has 0 radical (unpaired) electrons. The zero-order valence-electron chi connectivity index (χ0n) is 8.78. The van der Waals surface area contributed by atoms with Gasteiger partial charge < -0.3 is 14.8 Å². The van der Waals surface area contributed by atoms with Crippen LogP contribution in [0.5, 0.6) is 5.75 Å². The predicted octanol–water partition coefficient (Wildman–Crippen LogP) is 1.67. The number of fused-ring (bicyclic) bond motifs is 1. The number of H-pyrrole nitrogens is 1. The molecule has 0 aliphatic rings. The highest BCUT2D eigenvalue weighted by atomic mass is 35.5. The maximum absolute atomic E-state index is 11.6. The van der Waals surface area contributed by atoms with Crippen molar-refractivity contribution in [2.45, 2.75) is 0 Å². The van der Waals surface area contributed by atoms with Crippen LogP contribution in [0.15, 0.2) is 23.0 Å². The van der Waals surface area contributed by atoms with Gasteiger partial charge in [0.05, 0.1) is 12.6 Å². The van der Waals surface area contributed by atoms with Gasteiger partial charge in [-0.05, 0) is 18.2 Å². The summed E-state index contributed by atoms with van der Waals surface area (Å²) < 4.78 is 4.43. The van der Waals surface area contributed by atoms with Gasteiger partial charge in [0.1, 0.15) is 5.75 Å². The van der Waals surface area contributed by atoms with Gasteiger partial charge in [-0.25, -0.2) is 4.79 Å². The molecule has 0 unspecified atom stereocenters. The topological polar surface area (TPSA) is 79.4 Å². The van der Waals surface area contributed by atoms with Gasteiger partial charge >= 0.3 is 5.97 Å². The summed E-state index contributed by atoms with van der Waals surface area (Å²) >= 11 is 5.76. The maximum Gasteiger partial charge on any atom is 0.347 e. The predicted molar refractivity (Wildman–Crippen MR) is 62.6 cm³/mol. The van der Waals surface area contributed by atoms with Crippen LogP contribution in [0.25, 0.3) is 10.9 Å². The fraction of sp³-hybridized carbons (Fsp3) is 0.0909. The van der Waals surface area contributed by atoms with Crippen LogP contribution in [-0.4, -0.2) is 23.2 Å². The molecule has 1 heterocycles. The number of nitrogens with one attached hydrogen (secondary N) is 1. The number of carbonyl (C=O) groups is 1. The van der Waals surface area contributed by atoms with Crippen molar-refractivity contribution in [3.8, 4) is 5.75 Å².